The van der Waals surface area contributed by atoms with E-state index in [0.29, 0.717) is 30.9 Å². The number of nitrogens with zero attached hydrogens (tertiary/aromatic N) is 1. The zero-order chi connectivity index (χ0) is 15.4. The fourth-order valence-electron chi connectivity index (χ4n) is 1.93. The summed E-state index contributed by atoms with van der Waals surface area (Å²) in [6, 6.07) is 6.55. The van der Waals surface area contributed by atoms with Crippen LogP contribution in [0.2, 0.25) is 0 Å². The van der Waals surface area contributed by atoms with Crippen molar-refractivity contribution in [3.05, 3.63) is 46.4 Å². The first kappa shape index (κ1) is 14.5. The molecule has 0 aliphatic carbocycles. The van der Waals surface area contributed by atoms with Crippen LogP contribution in [-0.4, -0.2) is 29.6 Å². The number of rotatable bonds is 5. The van der Waals surface area contributed by atoms with Crippen molar-refractivity contribution in [1.29, 1.82) is 0 Å². The van der Waals surface area contributed by atoms with Gasteiger partial charge in [-0.3, -0.25) is 0 Å². The van der Waals surface area contributed by atoms with Gasteiger partial charge < -0.3 is 14.2 Å². The Kier molecular flexibility index (Phi) is 4.34. The van der Waals surface area contributed by atoms with Crippen LogP contribution in [0.25, 0.3) is 0 Å². The highest BCUT2D eigenvalue weighted by Gasteiger charge is 2.30. The van der Waals surface area contributed by atoms with E-state index in [1.165, 1.54) is 11.3 Å². The number of ether oxygens (including phenoxy) is 3. The molecule has 22 heavy (non-hydrogen) atoms. The number of esters is 2. The quantitative estimate of drug-likeness (QED) is 0.787. The molecule has 2 aromatic rings. The van der Waals surface area contributed by atoms with E-state index in [1.807, 2.05) is 5.38 Å². The molecule has 2 heterocycles. The molecular weight excluding hydrogens is 306 g/mol. The molecular formula is C15H13NO5S. The summed E-state index contributed by atoms with van der Waals surface area (Å²) in [6.07, 6.45) is -0.396. The first-order chi connectivity index (χ1) is 10.7. The molecule has 1 saturated heterocycles. The Morgan fingerprint density at radius 3 is 2.82 bits per heavy atom. The normalized spacial score (nSPS) is 17.1. The minimum Gasteiger partial charge on any atom is -0.487 e. The molecule has 1 fully saturated rings. The monoisotopic (exact) mass is 319 g/mol. The maximum atomic E-state index is 11.9. The molecule has 0 spiro atoms. The summed E-state index contributed by atoms with van der Waals surface area (Å²) < 4.78 is 15.4. The topological polar surface area (TPSA) is 74.7 Å². The molecule has 1 aliphatic heterocycles. The molecule has 1 aromatic carbocycles. The predicted octanol–water partition coefficient (Wildman–Crippen LogP) is 2.19. The van der Waals surface area contributed by atoms with E-state index in [-0.39, 0.29) is 0 Å². The molecule has 0 bridgehead atoms. The highest BCUT2D eigenvalue weighted by atomic mass is 32.1. The van der Waals surface area contributed by atoms with Gasteiger partial charge in [-0.2, -0.15) is 0 Å². The summed E-state index contributed by atoms with van der Waals surface area (Å²) in [5, 5.41) is 1.91. The van der Waals surface area contributed by atoms with E-state index in [2.05, 4.69) is 4.98 Å². The largest absolute Gasteiger partial charge is 0.487 e. The Balaban J connectivity index is 1.56. The van der Waals surface area contributed by atoms with Crippen molar-refractivity contribution in [2.24, 2.45) is 0 Å². The Hall–Kier alpha value is -2.41. The van der Waals surface area contributed by atoms with Gasteiger partial charge in [0.15, 0.2) is 0 Å². The number of thiazole rings is 1. The van der Waals surface area contributed by atoms with Gasteiger partial charge in [-0.05, 0) is 24.3 Å². The lowest BCUT2D eigenvalue weighted by Gasteiger charge is -2.09. The predicted molar refractivity (Wildman–Crippen MR) is 77.7 cm³/mol. The van der Waals surface area contributed by atoms with Gasteiger partial charge in [-0.15, -0.1) is 11.3 Å². The summed E-state index contributed by atoms with van der Waals surface area (Å²) in [4.78, 5) is 27.3. The number of cyclic esters (lactones) is 1. The van der Waals surface area contributed by atoms with Gasteiger partial charge in [0.25, 0.3) is 0 Å². The Morgan fingerprint density at radius 1 is 1.36 bits per heavy atom. The third-order valence-electron chi connectivity index (χ3n) is 3.10. The van der Waals surface area contributed by atoms with Crippen molar-refractivity contribution in [2.75, 3.05) is 6.61 Å². The van der Waals surface area contributed by atoms with E-state index in [1.54, 1.807) is 29.8 Å². The van der Waals surface area contributed by atoms with E-state index >= 15 is 0 Å². The van der Waals surface area contributed by atoms with Crippen molar-refractivity contribution >= 4 is 23.3 Å². The molecule has 0 N–H and O–H groups in total. The van der Waals surface area contributed by atoms with E-state index in [0.717, 1.165) is 5.69 Å². The SMILES string of the molecule is O=C(O[C@H]1CCOC1=O)c1ccc(OCc2cscn2)cc1. The van der Waals surface area contributed by atoms with Crippen molar-refractivity contribution in [2.45, 2.75) is 19.1 Å². The third kappa shape index (κ3) is 3.43. The summed E-state index contributed by atoms with van der Waals surface area (Å²) >= 11 is 1.51. The molecule has 0 amide bonds. The molecule has 1 aliphatic rings. The van der Waals surface area contributed by atoms with Crippen LogP contribution in [0.1, 0.15) is 22.5 Å². The lowest BCUT2D eigenvalue weighted by molar-refractivity contribution is -0.145. The fraction of sp³-hybridized carbons (Fsp3) is 0.267. The summed E-state index contributed by atoms with van der Waals surface area (Å²) in [6.45, 7) is 0.668. The molecule has 0 unspecified atom stereocenters. The number of hydrogen-bond acceptors (Lipinski definition) is 7. The molecule has 6 nitrogen and oxygen atoms in total. The number of carbonyl (C=O) groups excluding carboxylic acids is 2. The minimum absolute atomic E-state index is 0.292. The maximum absolute atomic E-state index is 11.9. The Morgan fingerprint density at radius 2 is 2.18 bits per heavy atom. The van der Waals surface area contributed by atoms with Gasteiger partial charge in [0.1, 0.15) is 12.4 Å². The second-order valence-corrected chi connectivity index (χ2v) is 5.36. The smallest absolute Gasteiger partial charge is 0.347 e. The van der Waals surface area contributed by atoms with Gasteiger partial charge >= 0.3 is 11.9 Å². The Bertz CT molecular complexity index is 653. The minimum atomic E-state index is -0.798. The van der Waals surface area contributed by atoms with Gasteiger partial charge in [0.05, 0.1) is 23.4 Å². The zero-order valence-corrected chi connectivity index (χ0v) is 12.4. The van der Waals surface area contributed by atoms with Gasteiger partial charge in [0, 0.05) is 11.8 Å². The molecule has 1 aromatic heterocycles. The number of aromatic nitrogens is 1. The summed E-state index contributed by atoms with van der Waals surface area (Å²) in [5.74, 6) is -0.406. The van der Waals surface area contributed by atoms with Crippen molar-refractivity contribution in [3.8, 4) is 5.75 Å². The van der Waals surface area contributed by atoms with E-state index in [9.17, 15) is 9.59 Å². The third-order valence-corrected chi connectivity index (χ3v) is 3.73. The average Bonchev–Trinajstić information content (AvgIpc) is 3.18. The molecule has 114 valence electrons. The molecule has 0 saturated carbocycles. The average molecular weight is 319 g/mol. The molecule has 7 heteroatoms. The standard InChI is InChI=1S/C15H13NO5S/c17-14(21-13-5-6-19-15(13)18)10-1-3-12(4-2-10)20-7-11-8-22-9-16-11/h1-4,8-9,13H,5-7H2/t13-/m0/s1. The first-order valence-corrected chi connectivity index (χ1v) is 7.64. The number of hydrogen-bond donors (Lipinski definition) is 0. The summed E-state index contributed by atoms with van der Waals surface area (Å²) in [5.41, 5.74) is 2.96. The van der Waals surface area contributed by atoms with Gasteiger partial charge in [-0.25, -0.2) is 14.6 Å². The lowest BCUT2D eigenvalue weighted by atomic mass is 10.2. The fourth-order valence-corrected chi connectivity index (χ4v) is 2.48. The highest BCUT2D eigenvalue weighted by Crippen LogP contribution is 2.17. The number of benzene rings is 1. The zero-order valence-electron chi connectivity index (χ0n) is 11.6. The molecule has 1 atom stereocenters. The van der Waals surface area contributed by atoms with Gasteiger partial charge in [0.2, 0.25) is 6.10 Å². The second kappa shape index (κ2) is 6.57. The number of carbonyl (C=O) groups is 2. The van der Waals surface area contributed by atoms with Crippen molar-refractivity contribution < 1.29 is 23.8 Å². The van der Waals surface area contributed by atoms with E-state index < -0.39 is 18.0 Å². The molecule has 0 radical (unpaired) electrons. The maximum Gasteiger partial charge on any atom is 0.347 e. The van der Waals surface area contributed by atoms with Crippen LogP contribution in [-0.2, 0) is 20.9 Å². The van der Waals surface area contributed by atoms with Crippen LogP contribution in [0.4, 0.5) is 0 Å². The highest BCUT2D eigenvalue weighted by molar-refractivity contribution is 7.07. The van der Waals surface area contributed by atoms with Crippen LogP contribution >= 0.6 is 11.3 Å². The van der Waals surface area contributed by atoms with Crippen molar-refractivity contribution in [3.63, 3.8) is 0 Å². The molecule has 3 rings (SSSR count). The van der Waals surface area contributed by atoms with Crippen LogP contribution < -0.4 is 4.74 Å². The summed E-state index contributed by atoms with van der Waals surface area (Å²) in [7, 11) is 0. The van der Waals surface area contributed by atoms with Crippen LogP contribution in [0.3, 0.4) is 0 Å². The van der Waals surface area contributed by atoms with Crippen LogP contribution in [0, 0.1) is 0 Å². The van der Waals surface area contributed by atoms with Crippen LogP contribution in [0.15, 0.2) is 35.2 Å². The van der Waals surface area contributed by atoms with Gasteiger partial charge in [-0.1, -0.05) is 0 Å². The van der Waals surface area contributed by atoms with Crippen molar-refractivity contribution in [1.82, 2.24) is 4.98 Å². The first-order valence-electron chi connectivity index (χ1n) is 6.70. The second-order valence-electron chi connectivity index (χ2n) is 4.64. The van der Waals surface area contributed by atoms with E-state index in [4.69, 9.17) is 14.2 Å². The van der Waals surface area contributed by atoms with Crippen LogP contribution in [0.5, 0.6) is 5.75 Å². The Labute approximate surface area is 130 Å². The lowest BCUT2D eigenvalue weighted by Crippen LogP contribution is -2.22.